The molecule has 5 rings (SSSR count). The van der Waals surface area contributed by atoms with E-state index in [-0.39, 0.29) is 0 Å². The lowest BCUT2D eigenvalue weighted by Crippen LogP contribution is -2.34. The summed E-state index contributed by atoms with van der Waals surface area (Å²) in [5, 5.41) is 2.70. The molecule has 0 aliphatic heterocycles. The first-order valence-corrected chi connectivity index (χ1v) is 8.58. The van der Waals surface area contributed by atoms with Crippen molar-refractivity contribution in [1.82, 2.24) is 0 Å². The van der Waals surface area contributed by atoms with Gasteiger partial charge in [0.25, 0.3) is 0 Å². The second-order valence-corrected chi connectivity index (χ2v) is 7.42. The molecule has 0 amide bonds. The fourth-order valence-corrected chi connectivity index (χ4v) is 5.40. The number of methoxy groups -OCH3 is 1. The maximum Gasteiger partial charge on any atom is 0.119 e. The van der Waals surface area contributed by atoms with Crippen LogP contribution in [0.4, 0.5) is 0 Å². The van der Waals surface area contributed by atoms with Crippen LogP contribution in [-0.2, 0) is 11.8 Å². The van der Waals surface area contributed by atoms with Gasteiger partial charge in [-0.3, -0.25) is 0 Å². The Balaban J connectivity index is 1.73. The number of aryl methyl sites for hydroxylation is 1. The normalized spacial score (nSPS) is 31.9. The van der Waals surface area contributed by atoms with E-state index >= 15 is 0 Å². The number of rotatable bonds is 1. The highest BCUT2D eigenvalue weighted by Gasteiger charge is 2.50. The Bertz CT molecular complexity index is 788. The molecule has 3 atom stereocenters. The van der Waals surface area contributed by atoms with E-state index in [4.69, 9.17) is 4.74 Å². The molecule has 2 aromatic carbocycles. The predicted molar refractivity (Wildman–Crippen MR) is 90.5 cm³/mol. The SMILES string of the molecule is COc1ccc2cc3c(cc2c1)C1(CCC3)CC2C=CC1C2. The van der Waals surface area contributed by atoms with Crippen molar-refractivity contribution in [2.24, 2.45) is 11.8 Å². The van der Waals surface area contributed by atoms with Crippen molar-refractivity contribution in [3.8, 4) is 5.75 Å². The Labute approximate surface area is 132 Å². The van der Waals surface area contributed by atoms with Crippen LogP contribution in [0.15, 0.2) is 42.5 Å². The minimum atomic E-state index is 0.435. The molecule has 3 unspecified atom stereocenters. The second kappa shape index (κ2) is 4.38. The molecule has 0 saturated heterocycles. The standard InChI is InChI=1S/C21H22O/c1-22-19-7-5-15-10-16-3-2-8-21(20(16)12-17(15)11-19)13-14-4-6-18(21)9-14/h4-7,10-12,14,18H,2-3,8-9,13H2,1H3. The third-order valence-electron chi connectivity index (χ3n) is 6.38. The van der Waals surface area contributed by atoms with Crippen molar-refractivity contribution in [1.29, 1.82) is 0 Å². The fourth-order valence-electron chi connectivity index (χ4n) is 5.40. The third kappa shape index (κ3) is 1.60. The molecular weight excluding hydrogens is 268 g/mol. The maximum atomic E-state index is 5.42. The van der Waals surface area contributed by atoms with E-state index in [9.17, 15) is 0 Å². The maximum absolute atomic E-state index is 5.42. The topological polar surface area (TPSA) is 9.23 Å². The zero-order valence-electron chi connectivity index (χ0n) is 13.1. The Morgan fingerprint density at radius 2 is 2.05 bits per heavy atom. The molecule has 3 aliphatic rings. The molecule has 0 heterocycles. The second-order valence-electron chi connectivity index (χ2n) is 7.42. The predicted octanol–water partition coefficient (Wildman–Crippen LogP) is 5.02. The van der Waals surface area contributed by atoms with Gasteiger partial charge in [-0.2, -0.15) is 0 Å². The summed E-state index contributed by atoms with van der Waals surface area (Å²) in [4.78, 5) is 0. The first-order valence-electron chi connectivity index (χ1n) is 8.58. The molecule has 1 spiro atoms. The van der Waals surface area contributed by atoms with Gasteiger partial charge in [-0.05, 0) is 78.0 Å². The van der Waals surface area contributed by atoms with Gasteiger partial charge in [0.1, 0.15) is 5.75 Å². The molecule has 1 saturated carbocycles. The van der Waals surface area contributed by atoms with Crippen LogP contribution < -0.4 is 4.74 Å². The van der Waals surface area contributed by atoms with Gasteiger partial charge < -0.3 is 4.74 Å². The average molecular weight is 290 g/mol. The Morgan fingerprint density at radius 3 is 2.82 bits per heavy atom. The summed E-state index contributed by atoms with van der Waals surface area (Å²) in [5.74, 6) is 2.57. The van der Waals surface area contributed by atoms with Gasteiger partial charge in [0.2, 0.25) is 0 Å². The molecule has 0 N–H and O–H groups in total. The molecular formula is C21H22O. The van der Waals surface area contributed by atoms with Gasteiger partial charge in [-0.15, -0.1) is 0 Å². The van der Waals surface area contributed by atoms with Crippen molar-refractivity contribution in [2.75, 3.05) is 7.11 Å². The Hall–Kier alpha value is -1.76. The van der Waals surface area contributed by atoms with E-state index < -0.39 is 0 Å². The van der Waals surface area contributed by atoms with E-state index in [1.165, 1.54) is 42.9 Å². The monoisotopic (exact) mass is 290 g/mol. The molecule has 22 heavy (non-hydrogen) atoms. The largest absolute Gasteiger partial charge is 0.497 e. The summed E-state index contributed by atoms with van der Waals surface area (Å²) < 4.78 is 5.42. The Kier molecular flexibility index (Phi) is 2.54. The number of allylic oxidation sites excluding steroid dienone is 2. The van der Waals surface area contributed by atoms with Crippen LogP contribution >= 0.6 is 0 Å². The minimum absolute atomic E-state index is 0.435. The van der Waals surface area contributed by atoms with Crippen LogP contribution in [0.2, 0.25) is 0 Å². The molecule has 2 aromatic rings. The van der Waals surface area contributed by atoms with Gasteiger partial charge >= 0.3 is 0 Å². The van der Waals surface area contributed by atoms with Crippen LogP contribution in [0.5, 0.6) is 5.75 Å². The lowest BCUT2D eigenvalue weighted by atomic mass is 9.63. The van der Waals surface area contributed by atoms with Crippen LogP contribution in [0, 0.1) is 11.8 Å². The lowest BCUT2D eigenvalue weighted by molar-refractivity contribution is 0.304. The summed E-state index contributed by atoms with van der Waals surface area (Å²) in [5.41, 5.74) is 3.69. The first-order chi connectivity index (χ1) is 10.8. The minimum Gasteiger partial charge on any atom is -0.497 e. The quantitative estimate of drug-likeness (QED) is 0.670. The summed E-state index contributed by atoms with van der Waals surface area (Å²) in [7, 11) is 1.75. The molecule has 0 radical (unpaired) electrons. The molecule has 1 heteroatoms. The van der Waals surface area contributed by atoms with Crippen LogP contribution in [0.1, 0.15) is 36.8 Å². The number of hydrogen-bond acceptors (Lipinski definition) is 1. The van der Waals surface area contributed by atoms with Crippen LogP contribution in [0.25, 0.3) is 10.8 Å². The summed E-state index contributed by atoms with van der Waals surface area (Å²) in [6.07, 6.45) is 11.7. The van der Waals surface area contributed by atoms with Crippen LogP contribution in [0.3, 0.4) is 0 Å². The average Bonchev–Trinajstić information content (AvgIpc) is 3.14. The van der Waals surface area contributed by atoms with E-state index in [0.717, 1.165) is 17.6 Å². The zero-order chi connectivity index (χ0) is 14.7. The summed E-state index contributed by atoms with van der Waals surface area (Å²) >= 11 is 0. The van der Waals surface area contributed by atoms with E-state index in [2.05, 4.69) is 42.5 Å². The number of ether oxygens (including phenoxy) is 1. The van der Waals surface area contributed by atoms with Gasteiger partial charge in [-0.25, -0.2) is 0 Å². The summed E-state index contributed by atoms with van der Waals surface area (Å²) in [6, 6.07) is 11.4. The van der Waals surface area contributed by atoms with Gasteiger partial charge in [0.05, 0.1) is 7.11 Å². The van der Waals surface area contributed by atoms with Gasteiger partial charge in [0, 0.05) is 5.41 Å². The van der Waals surface area contributed by atoms with Crippen molar-refractivity contribution in [2.45, 2.75) is 37.5 Å². The first kappa shape index (κ1) is 12.8. The summed E-state index contributed by atoms with van der Waals surface area (Å²) in [6.45, 7) is 0. The lowest BCUT2D eigenvalue weighted by Gasteiger charge is -2.41. The number of benzene rings is 2. The fraction of sp³-hybridized carbons (Fsp3) is 0.429. The van der Waals surface area contributed by atoms with Gasteiger partial charge in [0.15, 0.2) is 0 Å². The van der Waals surface area contributed by atoms with Crippen molar-refractivity contribution < 1.29 is 4.74 Å². The van der Waals surface area contributed by atoms with Crippen molar-refractivity contribution >= 4 is 10.8 Å². The van der Waals surface area contributed by atoms with Crippen LogP contribution in [-0.4, -0.2) is 7.11 Å². The number of fused-ring (bicyclic) bond motifs is 6. The van der Waals surface area contributed by atoms with Crippen molar-refractivity contribution in [3.63, 3.8) is 0 Å². The van der Waals surface area contributed by atoms with Crippen molar-refractivity contribution in [3.05, 3.63) is 53.6 Å². The zero-order valence-corrected chi connectivity index (χ0v) is 13.1. The smallest absolute Gasteiger partial charge is 0.119 e. The third-order valence-corrected chi connectivity index (χ3v) is 6.38. The Morgan fingerprint density at radius 1 is 1.09 bits per heavy atom. The number of hydrogen-bond donors (Lipinski definition) is 0. The van der Waals surface area contributed by atoms with E-state index in [1.807, 2.05) is 0 Å². The highest BCUT2D eigenvalue weighted by molar-refractivity contribution is 5.86. The van der Waals surface area contributed by atoms with Gasteiger partial charge in [-0.1, -0.05) is 30.4 Å². The molecule has 2 bridgehead atoms. The molecule has 1 fully saturated rings. The highest BCUT2D eigenvalue weighted by atomic mass is 16.5. The molecule has 0 aromatic heterocycles. The molecule has 3 aliphatic carbocycles. The van der Waals surface area contributed by atoms with E-state index in [1.54, 1.807) is 18.2 Å². The molecule has 112 valence electrons. The molecule has 1 nitrogen and oxygen atoms in total. The highest BCUT2D eigenvalue weighted by Crippen LogP contribution is 2.58. The van der Waals surface area contributed by atoms with E-state index in [0.29, 0.717) is 5.41 Å².